The Morgan fingerprint density at radius 2 is 1.88 bits per heavy atom. The highest BCUT2D eigenvalue weighted by Gasteiger charge is 2.81. The molecule has 1 amide bonds. The first-order chi connectivity index (χ1) is 19.8. The van der Waals surface area contributed by atoms with E-state index in [1.807, 2.05) is 18.2 Å². The molecule has 7 rings (SSSR count). The molecule has 1 aromatic heterocycles. The summed E-state index contributed by atoms with van der Waals surface area (Å²) in [6, 6.07) is 5.72. The SMILES string of the molecule is CC12CC[C@@]34CC35CC[C@H](OC(=O)NCc3ccccn3)C(C)(C)C5CCC4C1CC1OC([C@H](O)C(C)(C)O)CCC12.[HH]. The molecular formula is C35H54N2O5. The first-order valence-corrected chi connectivity index (χ1v) is 16.7. The second-order valence-corrected chi connectivity index (χ2v) is 16.5. The Kier molecular flexibility index (Phi) is 6.67. The smallest absolute Gasteiger partial charge is 0.407 e. The Hall–Kier alpha value is -1.70. The number of aromatic nitrogens is 1. The number of rotatable bonds is 5. The van der Waals surface area contributed by atoms with E-state index in [0.29, 0.717) is 40.5 Å². The number of nitrogens with zero attached hydrogens (tertiary/aromatic N) is 1. The number of aliphatic hydroxyl groups is 2. The molecule has 7 heteroatoms. The number of carbonyl (C=O) groups excluding carboxylic acids is 1. The lowest BCUT2D eigenvalue weighted by molar-refractivity contribution is -0.177. The molecule has 8 unspecified atom stereocenters. The van der Waals surface area contributed by atoms with Crippen LogP contribution in [0.15, 0.2) is 24.4 Å². The van der Waals surface area contributed by atoms with Gasteiger partial charge in [0.2, 0.25) is 0 Å². The van der Waals surface area contributed by atoms with Gasteiger partial charge in [-0.15, -0.1) is 0 Å². The molecular weight excluding hydrogens is 528 g/mol. The van der Waals surface area contributed by atoms with E-state index in [1.54, 1.807) is 20.0 Å². The van der Waals surface area contributed by atoms with Crippen LogP contribution in [-0.2, 0) is 16.0 Å². The topological polar surface area (TPSA) is 101 Å². The maximum atomic E-state index is 12.9. The lowest BCUT2D eigenvalue weighted by Gasteiger charge is -2.59. The zero-order valence-corrected chi connectivity index (χ0v) is 26.3. The number of hydrogen-bond donors (Lipinski definition) is 3. The maximum Gasteiger partial charge on any atom is 0.407 e. The number of hydrogen-bond acceptors (Lipinski definition) is 6. The fraction of sp³-hybridized carbons (Fsp3) is 0.829. The van der Waals surface area contributed by atoms with Gasteiger partial charge in [0.25, 0.3) is 0 Å². The van der Waals surface area contributed by atoms with Crippen molar-refractivity contribution in [1.29, 1.82) is 0 Å². The van der Waals surface area contributed by atoms with Crippen molar-refractivity contribution in [2.24, 2.45) is 45.3 Å². The zero-order chi connectivity index (χ0) is 29.7. The molecule has 1 saturated heterocycles. The highest BCUT2D eigenvalue weighted by Crippen LogP contribution is 2.87. The third-order valence-corrected chi connectivity index (χ3v) is 14.0. The van der Waals surface area contributed by atoms with Gasteiger partial charge in [-0.25, -0.2) is 4.79 Å². The number of ether oxygens (including phenoxy) is 2. The molecule has 0 bridgehead atoms. The van der Waals surface area contributed by atoms with E-state index in [1.165, 1.54) is 38.5 Å². The zero-order valence-electron chi connectivity index (χ0n) is 26.3. The van der Waals surface area contributed by atoms with E-state index in [-0.39, 0.29) is 31.2 Å². The summed E-state index contributed by atoms with van der Waals surface area (Å²) in [5, 5.41) is 24.2. The van der Waals surface area contributed by atoms with Crippen LogP contribution in [0, 0.1) is 45.3 Å². The minimum atomic E-state index is -1.15. The molecule has 42 heavy (non-hydrogen) atoms. The minimum Gasteiger partial charge on any atom is -0.446 e. The third-order valence-electron chi connectivity index (χ3n) is 14.0. The normalized spacial score (nSPS) is 45.7. The summed E-state index contributed by atoms with van der Waals surface area (Å²) in [6.07, 6.45) is 12.0. The number of alkyl carbamates (subject to hydrolysis) is 1. The van der Waals surface area contributed by atoms with Gasteiger partial charge in [-0.3, -0.25) is 4.98 Å². The van der Waals surface area contributed by atoms with Crippen LogP contribution in [0.4, 0.5) is 4.79 Å². The number of fused-ring (bicyclic) bond motifs is 4. The fourth-order valence-electron chi connectivity index (χ4n) is 12.0. The summed E-state index contributed by atoms with van der Waals surface area (Å²) in [4.78, 5) is 17.2. The highest BCUT2D eigenvalue weighted by atomic mass is 16.6. The molecule has 6 aliphatic rings. The van der Waals surface area contributed by atoms with Crippen LogP contribution >= 0.6 is 0 Å². The average molecular weight is 583 g/mol. The molecule has 0 radical (unpaired) electrons. The molecule has 2 spiro atoms. The Labute approximate surface area is 253 Å². The molecule has 5 aliphatic carbocycles. The second kappa shape index (κ2) is 9.65. The highest BCUT2D eigenvalue weighted by molar-refractivity contribution is 5.67. The second-order valence-electron chi connectivity index (χ2n) is 16.5. The average Bonchev–Trinajstić information content (AvgIpc) is 3.53. The van der Waals surface area contributed by atoms with Crippen molar-refractivity contribution >= 4 is 6.09 Å². The Balaban J connectivity index is 0.00000329. The molecule has 5 saturated carbocycles. The quantitative estimate of drug-likeness (QED) is 0.379. The van der Waals surface area contributed by atoms with Crippen LogP contribution in [0.1, 0.15) is 106 Å². The molecule has 3 N–H and O–H groups in total. The van der Waals surface area contributed by atoms with E-state index in [0.717, 1.165) is 37.3 Å². The summed E-state index contributed by atoms with van der Waals surface area (Å²) >= 11 is 0. The predicted octanol–water partition coefficient (Wildman–Crippen LogP) is 6.26. The van der Waals surface area contributed by atoms with Gasteiger partial charge in [0, 0.05) is 13.0 Å². The minimum absolute atomic E-state index is 0. The predicted molar refractivity (Wildman–Crippen MR) is 161 cm³/mol. The first kappa shape index (κ1) is 29.0. The molecule has 1 aromatic rings. The summed E-state index contributed by atoms with van der Waals surface area (Å²) in [5.41, 5.74) is 0.763. The third kappa shape index (κ3) is 4.15. The molecule has 234 valence electrons. The van der Waals surface area contributed by atoms with Crippen molar-refractivity contribution in [2.75, 3.05) is 0 Å². The Morgan fingerprint density at radius 3 is 2.62 bits per heavy atom. The number of pyridine rings is 1. The van der Waals surface area contributed by atoms with Crippen molar-refractivity contribution in [3.63, 3.8) is 0 Å². The Morgan fingerprint density at radius 1 is 1.10 bits per heavy atom. The fourth-order valence-corrected chi connectivity index (χ4v) is 12.0. The van der Waals surface area contributed by atoms with Crippen LogP contribution in [0.25, 0.3) is 0 Å². The van der Waals surface area contributed by atoms with Crippen molar-refractivity contribution in [2.45, 2.75) is 135 Å². The molecule has 0 aromatic carbocycles. The van der Waals surface area contributed by atoms with E-state index in [2.05, 4.69) is 31.1 Å². The maximum absolute atomic E-state index is 12.9. The lowest BCUT2D eigenvalue weighted by Crippen LogP contribution is -2.55. The largest absolute Gasteiger partial charge is 0.446 e. The van der Waals surface area contributed by atoms with E-state index in [4.69, 9.17) is 9.47 Å². The molecule has 1 aliphatic heterocycles. The molecule has 7 nitrogen and oxygen atoms in total. The van der Waals surface area contributed by atoms with Gasteiger partial charge in [-0.2, -0.15) is 0 Å². The van der Waals surface area contributed by atoms with E-state index in [9.17, 15) is 15.0 Å². The first-order valence-electron chi connectivity index (χ1n) is 16.7. The van der Waals surface area contributed by atoms with Crippen LogP contribution in [0.3, 0.4) is 0 Å². The van der Waals surface area contributed by atoms with Crippen molar-refractivity contribution in [3.05, 3.63) is 30.1 Å². The standard InChI is InChI=1S/C35H52N2O5.H2/c1-31(2)27-12-10-22-24-18-26-23(9-11-25(41-26)29(38)32(3,4)40)33(24,5)15-16-34(22)20-35(27,34)14-13-28(31)42-30(39)37-19-21-8-6-7-17-36-21;/h6-8,17,22-29,38,40H,9-16,18-20H2,1-5H3,(H,37,39);1H/t22?,23?,24?,25?,26?,27?,28-,29-,33?,34-,35?;/m0./s1. The van der Waals surface area contributed by atoms with Crippen LogP contribution in [-0.4, -0.2) is 51.3 Å². The van der Waals surface area contributed by atoms with Crippen LogP contribution in [0.5, 0.6) is 0 Å². The van der Waals surface area contributed by atoms with Gasteiger partial charge in [-0.05, 0) is 130 Å². The van der Waals surface area contributed by atoms with Crippen molar-refractivity contribution in [1.82, 2.24) is 10.3 Å². The van der Waals surface area contributed by atoms with E-state index >= 15 is 0 Å². The summed E-state index contributed by atoms with van der Waals surface area (Å²) in [6.45, 7) is 11.0. The summed E-state index contributed by atoms with van der Waals surface area (Å²) < 4.78 is 12.8. The van der Waals surface area contributed by atoms with Gasteiger partial charge in [0.15, 0.2) is 0 Å². The Bertz CT molecular complexity index is 1210. The van der Waals surface area contributed by atoms with Gasteiger partial charge < -0.3 is 25.0 Å². The summed E-state index contributed by atoms with van der Waals surface area (Å²) in [7, 11) is 0. The van der Waals surface area contributed by atoms with Crippen molar-refractivity contribution in [3.8, 4) is 0 Å². The van der Waals surface area contributed by atoms with Crippen LogP contribution in [0.2, 0.25) is 0 Å². The number of carbonyl (C=O) groups is 1. The van der Waals surface area contributed by atoms with Gasteiger partial charge in [-0.1, -0.05) is 26.8 Å². The lowest BCUT2D eigenvalue weighted by atomic mass is 9.46. The number of nitrogens with one attached hydrogen (secondary N) is 1. The number of amides is 1. The number of aliphatic hydroxyl groups excluding tert-OH is 1. The van der Waals surface area contributed by atoms with Gasteiger partial charge >= 0.3 is 6.09 Å². The molecule has 2 heterocycles. The van der Waals surface area contributed by atoms with E-state index < -0.39 is 11.7 Å². The van der Waals surface area contributed by atoms with Crippen LogP contribution < -0.4 is 5.32 Å². The summed E-state index contributed by atoms with van der Waals surface area (Å²) in [5.74, 6) is 2.56. The van der Waals surface area contributed by atoms with Crippen molar-refractivity contribution < 1.29 is 25.9 Å². The van der Waals surface area contributed by atoms with Gasteiger partial charge in [0.05, 0.1) is 30.0 Å². The van der Waals surface area contributed by atoms with Gasteiger partial charge in [0.1, 0.15) is 12.2 Å². The monoisotopic (exact) mass is 582 g/mol. The molecule has 6 fully saturated rings. The molecule has 11 atom stereocenters.